The first-order valence-corrected chi connectivity index (χ1v) is 15.5. The second-order valence-corrected chi connectivity index (χ2v) is 12.3. The molecule has 4 aromatic carbocycles. The summed E-state index contributed by atoms with van der Waals surface area (Å²) >= 11 is 0. The van der Waals surface area contributed by atoms with Gasteiger partial charge in [0.1, 0.15) is 16.9 Å². The van der Waals surface area contributed by atoms with Crippen LogP contribution in [0.5, 0.6) is 5.75 Å². The average Bonchev–Trinajstić information content (AvgIpc) is 3.26. The fourth-order valence-corrected chi connectivity index (χ4v) is 5.79. The van der Waals surface area contributed by atoms with Crippen LogP contribution < -0.4 is 0 Å². The van der Waals surface area contributed by atoms with E-state index in [0.29, 0.717) is 5.75 Å². The molecular formula is C39H50O4. The molecule has 0 radical (unpaired) electrons. The Balaban J connectivity index is 0.000000566. The third-order valence-electron chi connectivity index (χ3n) is 7.23. The van der Waals surface area contributed by atoms with E-state index in [-0.39, 0.29) is 12.2 Å². The fraction of sp³-hybridized carbons (Fsp3) is 0.385. The molecular weight excluding hydrogens is 532 g/mol. The number of aliphatic hydroxyl groups excluding tert-OH is 2. The van der Waals surface area contributed by atoms with Gasteiger partial charge in [-0.05, 0) is 133 Å². The SMILES string of the molecule is CC(C)O.CC(C)O.Cc1cc(C)c(-c2cccc(CCCCc3cccc4c3oc3cc(C)cc(C)c34)c2O)c(C)c1. The number of aryl methyl sites for hydroxylation is 7. The molecule has 1 heterocycles. The molecule has 4 heteroatoms. The molecule has 1 aromatic heterocycles. The standard InChI is InChI=1S/C33H34O2.2C3H8O/c1-20-16-22(3)30(23(4)17-20)27-14-8-12-25(32(27)34)10-6-7-11-26-13-9-15-28-31-24(5)18-21(2)19-29(31)35-33(26)28;2*1-3(2)4/h8-9,12-19,34H,6-7,10-11H2,1-5H3;2*3-4H,1-2H3. The van der Waals surface area contributed by atoms with Crippen molar-refractivity contribution in [3.8, 4) is 16.9 Å². The molecule has 0 aliphatic carbocycles. The molecule has 0 fully saturated rings. The smallest absolute Gasteiger partial charge is 0.138 e. The molecule has 5 aromatic rings. The second kappa shape index (κ2) is 15.2. The first-order valence-electron chi connectivity index (χ1n) is 15.5. The summed E-state index contributed by atoms with van der Waals surface area (Å²) in [6.07, 6.45) is 3.54. The molecule has 0 saturated heterocycles. The Morgan fingerprint density at radius 2 is 1.14 bits per heavy atom. The van der Waals surface area contributed by atoms with E-state index in [9.17, 15) is 5.11 Å². The van der Waals surface area contributed by atoms with Crippen LogP contribution in [0.15, 0.2) is 65.1 Å². The van der Waals surface area contributed by atoms with E-state index in [0.717, 1.165) is 53.5 Å². The number of para-hydroxylation sites is 2. The minimum absolute atomic E-state index is 0.167. The zero-order valence-corrected chi connectivity index (χ0v) is 27.5. The number of benzene rings is 4. The van der Waals surface area contributed by atoms with Gasteiger partial charge in [0.05, 0.1) is 0 Å². The highest BCUT2D eigenvalue weighted by Gasteiger charge is 2.15. The van der Waals surface area contributed by atoms with Crippen molar-refractivity contribution in [3.63, 3.8) is 0 Å². The number of furan rings is 1. The van der Waals surface area contributed by atoms with Gasteiger partial charge in [0.2, 0.25) is 0 Å². The van der Waals surface area contributed by atoms with Gasteiger partial charge in [0, 0.05) is 28.5 Å². The van der Waals surface area contributed by atoms with E-state index < -0.39 is 0 Å². The molecule has 0 unspecified atom stereocenters. The Bertz CT molecular complexity index is 1620. The lowest BCUT2D eigenvalue weighted by molar-refractivity contribution is 0.215. The van der Waals surface area contributed by atoms with Crippen molar-refractivity contribution in [2.24, 2.45) is 0 Å². The Morgan fingerprint density at radius 3 is 1.74 bits per heavy atom. The number of phenols is 1. The predicted molar refractivity (Wildman–Crippen MR) is 182 cm³/mol. The van der Waals surface area contributed by atoms with E-state index in [1.54, 1.807) is 27.7 Å². The molecule has 0 aliphatic heterocycles. The average molecular weight is 583 g/mol. The number of phenolic OH excluding ortho intramolecular Hbond substituents is 1. The van der Waals surface area contributed by atoms with Crippen LogP contribution in [0, 0.1) is 34.6 Å². The lowest BCUT2D eigenvalue weighted by Crippen LogP contribution is -1.94. The molecule has 4 nitrogen and oxygen atoms in total. The molecule has 0 aliphatic rings. The van der Waals surface area contributed by atoms with Gasteiger partial charge in [-0.3, -0.25) is 0 Å². The van der Waals surface area contributed by atoms with E-state index >= 15 is 0 Å². The monoisotopic (exact) mass is 582 g/mol. The van der Waals surface area contributed by atoms with Crippen molar-refractivity contribution >= 4 is 21.9 Å². The topological polar surface area (TPSA) is 73.8 Å². The minimum Gasteiger partial charge on any atom is -0.507 e. The largest absolute Gasteiger partial charge is 0.507 e. The van der Waals surface area contributed by atoms with Crippen LogP contribution in [-0.4, -0.2) is 27.5 Å². The van der Waals surface area contributed by atoms with Crippen LogP contribution in [0.3, 0.4) is 0 Å². The van der Waals surface area contributed by atoms with Crippen molar-refractivity contribution in [3.05, 3.63) is 99.6 Å². The van der Waals surface area contributed by atoms with E-state index in [2.05, 4.69) is 89.2 Å². The maximum atomic E-state index is 11.1. The summed E-state index contributed by atoms with van der Waals surface area (Å²) in [4.78, 5) is 0. The number of aromatic hydroxyl groups is 1. The molecule has 0 amide bonds. The van der Waals surface area contributed by atoms with Gasteiger partial charge in [-0.15, -0.1) is 0 Å². The third-order valence-corrected chi connectivity index (χ3v) is 7.23. The molecule has 43 heavy (non-hydrogen) atoms. The maximum Gasteiger partial charge on any atom is 0.138 e. The number of hydrogen-bond acceptors (Lipinski definition) is 4. The normalized spacial score (nSPS) is 11.1. The van der Waals surface area contributed by atoms with Crippen molar-refractivity contribution in [2.45, 2.75) is 100 Å². The zero-order chi connectivity index (χ0) is 31.8. The number of fused-ring (bicyclic) bond motifs is 3. The van der Waals surface area contributed by atoms with Gasteiger partial charge in [-0.2, -0.15) is 0 Å². The highest BCUT2D eigenvalue weighted by atomic mass is 16.3. The summed E-state index contributed by atoms with van der Waals surface area (Å²) in [7, 11) is 0. The number of aliphatic hydroxyl groups is 2. The van der Waals surface area contributed by atoms with Gasteiger partial charge in [0.15, 0.2) is 0 Å². The maximum absolute atomic E-state index is 11.1. The zero-order valence-electron chi connectivity index (χ0n) is 27.5. The molecule has 0 spiro atoms. The summed E-state index contributed by atoms with van der Waals surface area (Å²) in [6, 6.07) is 21.4. The summed E-state index contributed by atoms with van der Waals surface area (Å²) in [5.74, 6) is 0.424. The van der Waals surface area contributed by atoms with Crippen LogP contribution in [0.25, 0.3) is 33.1 Å². The quantitative estimate of drug-likeness (QED) is 0.174. The van der Waals surface area contributed by atoms with Gasteiger partial charge in [-0.1, -0.05) is 60.2 Å². The molecule has 0 bridgehead atoms. The van der Waals surface area contributed by atoms with Gasteiger partial charge in [0.25, 0.3) is 0 Å². The third kappa shape index (κ3) is 8.95. The summed E-state index contributed by atoms with van der Waals surface area (Å²) in [5, 5.41) is 29.7. The van der Waals surface area contributed by atoms with Gasteiger partial charge < -0.3 is 19.7 Å². The van der Waals surface area contributed by atoms with Crippen LogP contribution in [0.2, 0.25) is 0 Å². The Hall–Kier alpha value is -3.60. The minimum atomic E-state index is -0.167. The molecule has 0 saturated carbocycles. The van der Waals surface area contributed by atoms with E-state index in [1.165, 1.54) is 44.2 Å². The van der Waals surface area contributed by atoms with Gasteiger partial charge in [-0.25, -0.2) is 0 Å². The molecule has 5 rings (SSSR count). The lowest BCUT2D eigenvalue weighted by atomic mass is 9.91. The van der Waals surface area contributed by atoms with Crippen molar-refractivity contribution in [1.29, 1.82) is 0 Å². The molecule has 0 atom stereocenters. The molecule has 3 N–H and O–H groups in total. The van der Waals surface area contributed by atoms with Crippen LogP contribution >= 0.6 is 0 Å². The number of hydrogen-bond donors (Lipinski definition) is 3. The lowest BCUT2D eigenvalue weighted by Gasteiger charge is -2.15. The summed E-state index contributed by atoms with van der Waals surface area (Å²) in [6.45, 7) is 17.5. The van der Waals surface area contributed by atoms with E-state index in [4.69, 9.17) is 14.6 Å². The Morgan fingerprint density at radius 1 is 0.651 bits per heavy atom. The summed E-state index contributed by atoms with van der Waals surface area (Å²) in [5.41, 5.74) is 12.5. The van der Waals surface area contributed by atoms with Crippen LogP contribution in [0.4, 0.5) is 0 Å². The fourth-order valence-electron chi connectivity index (χ4n) is 5.79. The van der Waals surface area contributed by atoms with E-state index in [1.807, 2.05) is 6.07 Å². The van der Waals surface area contributed by atoms with Crippen molar-refractivity contribution < 1.29 is 19.7 Å². The summed E-state index contributed by atoms with van der Waals surface area (Å²) < 4.78 is 6.34. The van der Waals surface area contributed by atoms with Crippen LogP contribution in [-0.2, 0) is 12.8 Å². The second-order valence-electron chi connectivity index (χ2n) is 12.3. The molecule has 230 valence electrons. The first-order chi connectivity index (χ1) is 20.3. The van der Waals surface area contributed by atoms with Crippen LogP contribution in [0.1, 0.15) is 79.5 Å². The Labute approximate surface area is 258 Å². The van der Waals surface area contributed by atoms with Crippen molar-refractivity contribution in [2.75, 3.05) is 0 Å². The number of unbranched alkanes of at least 4 members (excludes halogenated alkanes) is 1. The predicted octanol–water partition coefficient (Wildman–Crippen LogP) is 9.84. The highest BCUT2D eigenvalue weighted by molar-refractivity contribution is 6.07. The Kier molecular flexibility index (Phi) is 12.0. The van der Waals surface area contributed by atoms with Gasteiger partial charge >= 0.3 is 0 Å². The number of rotatable bonds is 6. The first kappa shape index (κ1) is 33.9. The highest BCUT2D eigenvalue weighted by Crippen LogP contribution is 2.38. The van der Waals surface area contributed by atoms with Crippen molar-refractivity contribution in [1.82, 2.24) is 0 Å².